The van der Waals surface area contributed by atoms with Crippen LogP contribution in [0.2, 0.25) is 0 Å². The van der Waals surface area contributed by atoms with E-state index in [-0.39, 0.29) is 36.1 Å². The van der Waals surface area contributed by atoms with Crippen molar-refractivity contribution in [3.05, 3.63) is 100 Å². The van der Waals surface area contributed by atoms with E-state index >= 15 is 0 Å². The Morgan fingerprint density at radius 1 is 1.00 bits per heavy atom. The number of halogens is 1. The van der Waals surface area contributed by atoms with Crippen molar-refractivity contribution in [2.45, 2.75) is 25.6 Å². The van der Waals surface area contributed by atoms with E-state index in [4.69, 9.17) is 0 Å². The van der Waals surface area contributed by atoms with E-state index < -0.39 is 23.8 Å². The lowest BCUT2D eigenvalue weighted by Gasteiger charge is -2.36. The van der Waals surface area contributed by atoms with Crippen LogP contribution in [-0.2, 0) is 22.7 Å². The zero-order chi connectivity index (χ0) is 33.4. The highest BCUT2D eigenvalue weighted by atomic mass is 32.1. The lowest BCUT2D eigenvalue weighted by atomic mass is 10.0. The Labute approximate surface area is 279 Å². The Balaban J connectivity index is 1.03. The summed E-state index contributed by atoms with van der Waals surface area (Å²) in [6, 6.07) is 15.1. The van der Waals surface area contributed by atoms with Crippen LogP contribution < -0.4 is 20.4 Å². The molecule has 0 spiro atoms. The van der Waals surface area contributed by atoms with Gasteiger partial charge >= 0.3 is 6.03 Å². The van der Waals surface area contributed by atoms with Gasteiger partial charge in [0, 0.05) is 86.3 Å². The van der Waals surface area contributed by atoms with Crippen molar-refractivity contribution in [3.63, 3.8) is 0 Å². The monoisotopic (exact) mass is 669 g/mol. The van der Waals surface area contributed by atoms with E-state index in [2.05, 4.69) is 25.4 Å². The molecular weight excluding hydrogens is 637 g/mol. The Bertz CT molecular complexity index is 1900. The van der Waals surface area contributed by atoms with Crippen LogP contribution in [0.15, 0.2) is 72.2 Å². The van der Waals surface area contributed by atoms with Crippen molar-refractivity contribution >= 4 is 51.6 Å². The van der Waals surface area contributed by atoms with E-state index in [0.717, 1.165) is 60.8 Å². The first-order valence-corrected chi connectivity index (χ1v) is 16.4. The third kappa shape index (κ3) is 6.31. The molecule has 2 fully saturated rings. The zero-order valence-electron chi connectivity index (χ0n) is 25.8. The van der Waals surface area contributed by atoms with Crippen LogP contribution in [0.3, 0.4) is 0 Å². The number of imide groups is 1. The number of nitrogens with one attached hydrogen (secondary N) is 2. The van der Waals surface area contributed by atoms with Crippen molar-refractivity contribution in [1.82, 2.24) is 20.1 Å². The summed E-state index contributed by atoms with van der Waals surface area (Å²) < 4.78 is 14.3. The van der Waals surface area contributed by atoms with Crippen LogP contribution in [0.1, 0.15) is 39.5 Å². The minimum atomic E-state index is -1.29. The first-order chi connectivity index (χ1) is 23.2. The maximum Gasteiger partial charge on any atom is 0.328 e. The summed E-state index contributed by atoms with van der Waals surface area (Å²) in [6.45, 7) is 4.16. The van der Waals surface area contributed by atoms with Gasteiger partial charge in [0.2, 0.25) is 5.91 Å². The molecule has 48 heavy (non-hydrogen) atoms. The van der Waals surface area contributed by atoms with Gasteiger partial charge in [-0.05, 0) is 53.6 Å². The topological polar surface area (TPSA) is 138 Å². The summed E-state index contributed by atoms with van der Waals surface area (Å²) >= 11 is 1.21. The number of hydrogen-bond acceptors (Lipinski definition) is 9. The van der Waals surface area contributed by atoms with Gasteiger partial charge in [-0.3, -0.25) is 34.8 Å². The molecule has 246 valence electrons. The SMILES string of the molecule is O=C1CCN(c2cccc(CN3CCN(c4ccc5c(c4)C(=O)N(C(C(=O)Nc4nccs4)c4cc(F)ccc4O)C5)CC3)c2)C(=O)N1. The molecule has 14 heteroatoms. The number of thiazole rings is 1. The van der Waals surface area contributed by atoms with Gasteiger partial charge in [0.15, 0.2) is 5.13 Å². The maximum atomic E-state index is 14.3. The van der Waals surface area contributed by atoms with Crippen LogP contribution in [-0.4, -0.2) is 76.4 Å². The summed E-state index contributed by atoms with van der Waals surface area (Å²) in [5.41, 5.74) is 3.88. The van der Waals surface area contributed by atoms with Crippen molar-refractivity contribution in [2.24, 2.45) is 0 Å². The highest BCUT2D eigenvalue weighted by Gasteiger charge is 2.39. The number of phenols is 1. The molecular formula is C34H32FN7O5S. The summed E-state index contributed by atoms with van der Waals surface area (Å²) in [6.07, 6.45) is 1.80. The molecule has 4 heterocycles. The number of anilines is 3. The van der Waals surface area contributed by atoms with E-state index in [9.17, 15) is 28.7 Å². The molecule has 0 saturated carbocycles. The second kappa shape index (κ2) is 13.0. The molecule has 0 radical (unpaired) electrons. The Hall–Kier alpha value is -5.34. The van der Waals surface area contributed by atoms with Gasteiger partial charge < -0.3 is 14.9 Å². The molecule has 4 aromatic rings. The van der Waals surface area contributed by atoms with E-state index in [1.807, 2.05) is 42.5 Å². The van der Waals surface area contributed by atoms with E-state index in [1.54, 1.807) is 10.3 Å². The second-order valence-corrected chi connectivity index (χ2v) is 12.8. The van der Waals surface area contributed by atoms with Crippen molar-refractivity contribution in [2.75, 3.05) is 47.8 Å². The molecule has 1 aromatic heterocycles. The fourth-order valence-electron chi connectivity index (χ4n) is 6.43. The molecule has 0 aliphatic carbocycles. The number of rotatable bonds is 8. The summed E-state index contributed by atoms with van der Waals surface area (Å²) in [5, 5.41) is 17.7. The molecule has 7 rings (SSSR count). The molecule has 3 N–H and O–H groups in total. The second-order valence-electron chi connectivity index (χ2n) is 11.9. The fourth-order valence-corrected chi connectivity index (χ4v) is 6.96. The summed E-state index contributed by atoms with van der Waals surface area (Å²) in [5.74, 6) is -2.19. The number of hydrogen-bond donors (Lipinski definition) is 3. The molecule has 3 aliphatic rings. The number of piperazine rings is 1. The first kappa shape index (κ1) is 31.3. The number of phenolic OH excluding ortho intramolecular Hbond substituents is 1. The number of nitrogens with zero attached hydrogens (tertiary/aromatic N) is 5. The summed E-state index contributed by atoms with van der Waals surface area (Å²) in [4.78, 5) is 62.8. The number of amides is 5. The number of aromatic nitrogens is 1. The van der Waals surface area contributed by atoms with Gasteiger partial charge in [-0.2, -0.15) is 0 Å². The summed E-state index contributed by atoms with van der Waals surface area (Å²) in [7, 11) is 0. The van der Waals surface area contributed by atoms with Gasteiger partial charge in [-0.15, -0.1) is 11.3 Å². The molecule has 0 bridgehead atoms. The zero-order valence-corrected chi connectivity index (χ0v) is 26.6. The quantitative estimate of drug-likeness (QED) is 0.255. The van der Waals surface area contributed by atoms with Crippen LogP contribution in [0.25, 0.3) is 0 Å². The number of carbonyl (C=O) groups excluding carboxylic acids is 4. The molecule has 3 aliphatic heterocycles. The average molecular weight is 670 g/mol. The van der Waals surface area contributed by atoms with Crippen LogP contribution in [0.5, 0.6) is 5.75 Å². The van der Waals surface area contributed by atoms with Gasteiger partial charge in [-0.1, -0.05) is 18.2 Å². The van der Waals surface area contributed by atoms with Crippen LogP contribution in [0, 0.1) is 5.82 Å². The number of urea groups is 1. The van der Waals surface area contributed by atoms with Crippen LogP contribution in [0.4, 0.5) is 25.7 Å². The fraction of sp³-hybridized carbons (Fsp3) is 0.265. The number of carbonyl (C=O) groups is 4. The normalized spacial score (nSPS) is 17.4. The van der Waals surface area contributed by atoms with Gasteiger partial charge in [-0.25, -0.2) is 14.2 Å². The highest BCUT2D eigenvalue weighted by Crippen LogP contribution is 2.38. The molecule has 5 amide bonds. The molecule has 12 nitrogen and oxygen atoms in total. The first-order valence-electron chi connectivity index (χ1n) is 15.5. The van der Waals surface area contributed by atoms with E-state index in [0.29, 0.717) is 23.8 Å². The predicted molar refractivity (Wildman–Crippen MR) is 177 cm³/mol. The number of benzene rings is 3. The smallest absolute Gasteiger partial charge is 0.328 e. The molecule has 2 saturated heterocycles. The Morgan fingerprint density at radius 2 is 1.83 bits per heavy atom. The number of fused-ring (bicyclic) bond motifs is 1. The van der Waals surface area contributed by atoms with Crippen molar-refractivity contribution < 1.29 is 28.7 Å². The third-order valence-electron chi connectivity index (χ3n) is 8.85. The van der Waals surface area contributed by atoms with Gasteiger partial charge in [0.1, 0.15) is 17.6 Å². The molecule has 1 atom stereocenters. The lowest BCUT2D eigenvalue weighted by molar-refractivity contribution is -0.121. The van der Waals surface area contributed by atoms with Crippen LogP contribution >= 0.6 is 11.3 Å². The lowest BCUT2D eigenvalue weighted by Crippen LogP contribution is -2.49. The van der Waals surface area contributed by atoms with Gasteiger partial charge in [0.05, 0.1) is 0 Å². The minimum Gasteiger partial charge on any atom is -0.508 e. The minimum absolute atomic E-state index is 0.0126. The average Bonchev–Trinajstić information content (AvgIpc) is 3.70. The standard InChI is InChI=1S/C34H32FN7O5S/c35-23-5-7-28(43)27(17-23)30(31(45)38-33-36-9-15-48-33)42-20-22-4-6-24(18-26(22)32(42)46)40-13-11-39(12-14-40)19-21-2-1-3-25(16-21)41-10-8-29(44)37-34(41)47/h1-7,9,15-18,30,43H,8,10-14,19-20H2,(H,36,38,45)(H,37,44,47). The Kier molecular flexibility index (Phi) is 8.50. The van der Waals surface area contributed by atoms with Crippen molar-refractivity contribution in [1.29, 1.82) is 0 Å². The van der Waals surface area contributed by atoms with Crippen molar-refractivity contribution in [3.8, 4) is 5.75 Å². The van der Waals surface area contributed by atoms with E-state index in [1.165, 1.54) is 28.5 Å². The Morgan fingerprint density at radius 3 is 2.60 bits per heavy atom. The third-order valence-corrected chi connectivity index (χ3v) is 9.54. The maximum absolute atomic E-state index is 14.3. The largest absolute Gasteiger partial charge is 0.508 e. The predicted octanol–water partition coefficient (Wildman–Crippen LogP) is 4.09. The van der Waals surface area contributed by atoms with Gasteiger partial charge in [0.25, 0.3) is 11.8 Å². The molecule has 1 unspecified atom stereocenters. The molecule has 3 aromatic carbocycles. The number of aromatic hydroxyl groups is 1. The highest BCUT2D eigenvalue weighted by molar-refractivity contribution is 7.13.